The van der Waals surface area contributed by atoms with Gasteiger partial charge in [0.15, 0.2) is 0 Å². The van der Waals surface area contributed by atoms with Gasteiger partial charge in [-0.25, -0.2) is 18.2 Å². The SMILES string of the molecule is CC(=O)NCC1CN(S(=O)(=O)c2ccc3nccn3c2)c2cc(NC(=O)OC(C)(C)C)ccc2O1. The minimum absolute atomic E-state index is 0.0481. The molecular formula is C23H27N5O6S. The first-order valence-corrected chi connectivity index (χ1v) is 12.4. The van der Waals surface area contributed by atoms with Crippen LogP contribution in [0.25, 0.3) is 5.65 Å². The van der Waals surface area contributed by atoms with E-state index >= 15 is 0 Å². The van der Waals surface area contributed by atoms with Gasteiger partial charge in [0.25, 0.3) is 10.0 Å². The maximum atomic E-state index is 13.8. The van der Waals surface area contributed by atoms with Crippen LogP contribution in [0.3, 0.4) is 0 Å². The lowest BCUT2D eigenvalue weighted by molar-refractivity contribution is -0.119. The van der Waals surface area contributed by atoms with Crippen LogP contribution in [0.15, 0.2) is 53.8 Å². The van der Waals surface area contributed by atoms with E-state index in [2.05, 4.69) is 15.6 Å². The average Bonchev–Trinajstić information content (AvgIpc) is 3.23. The number of carbonyl (C=O) groups is 2. The summed E-state index contributed by atoms with van der Waals surface area (Å²) >= 11 is 0. The number of nitrogens with one attached hydrogen (secondary N) is 2. The molecule has 0 fully saturated rings. The summed E-state index contributed by atoms with van der Waals surface area (Å²) in [6.45, 7) is 6.68. The molecule has 0 saturated carbocycles. The van der Waals surface area contributed by atoms with Crippen molar-refractivity contribution < 1.29 is 27.5 Å². The van der Waals surface area contributed by atoms with Crippen LogP contribution in [0.4, 0.5) is 16.2 Å². The van der Waals surface area contributed by atoms with E-state index in [1.807, 2.05) is 0 Å². The third kappa shape index (κ3) is 5.48. The monoisotopic (exact) mass is 501 g/mol. The summed E-state index contributed by atoms with van der Waals surface area (Å²) in [6, 6.07) is 7.78. The number of nitrogens with zero attached hydrogens (tertiary/aromatic N) is 3. The van der Waals surface area contributed by atoms with Crippen molar-refractivity contribution >= 4 is 39.0 Å². The zero-order valence-electron chi connectivity index (χ0n) is 19.8. The second-order valence-electron chi connectivity index (χ2n) is 9.08. The maximum absolute atomic E-state index is 13.8. The Kier molecular flexibility index (Phi) is 6.32. The third-order valence-corrected chi connectivity index (χ3v) is 6.83. The molecule has 2 amide bonds. The third-order valence-electron chi connectivity index (χ3n) is 5.06. The van der Waals surface area contributed by atoms with Crippen LogP contribution < -0.4 is 19.7 Å². The molecule has 1 unspecified atom stereocenters. The van der Waals surface area contributed by atoms with Gasteiger partial charge >= 0.3 is 6.09 Å². The Morgan fingerprint density at radius 2 is 2.00 bits per heavy atom. The summed E-state index contributed by atoms with van der Waals surface area (Å²) in [6.07, 6.45) is 3.43. The highest BCUT2D eigenvalue weighted by Crippen LogP contribution is 2.39. The van der Waals surface area contributed by atoms with Gasteiger partial charge in [0.2, 0.25) is 5.91 Å². The minimum Gasteiger partial charge on any atom is -0.484 e. The molecule has 4 rings (SSSR count). The molecule has 11 nitrogen and oxygen atoms in total. The molecular weight excluding hydrogens is 474 g/mol. The number of rotatable bonds is 5. The molecule has 186 valence electrons. The molecule has 0 bridgehead atoms. The number of anilines is 2. The molecule has 0 aliphatic carbocycles. The number of imidazole rings is 1. The standard InChI is InChI=1S/C23H27N5O6S/c1-15(29)25-12-17-13-28(35(31,32)18-6-8-21-24-9-10-27(21)14-18)19-11-16(5-7-20(19)33-17)26-22(30)34-23(2,3)4/h5-11,14,17H,12-13H2,1-4H3,(H,25,29)(H,26,30). The highest BCUT2D eigenvalue weighted by Gasteiger charge is 2.35. The molecule has 1 aromatic carbocycles. The van der Waals surface area contributed by atoms with Gasteiger partial charge in [0, 0.05) is 31.2 Å². The molecule has 3 heterocycles. The van der Waals surface area contributed by atoms with Gasteiger partial charge in [-0.2, -0.15) is 0 Å². The number of pyridine rings is 1. The van der Waals surface area contributed by atoms with E-state index in [0.717, 1.165) is 0 Å². The van der Waals surface area contributed by atoms with Crippen LogP contribution in [0.5, 0.6) is 5.75 Å². The van der Waals surface area contributed by atoms with E-state index in [1.165, 1.54) is 29.6 Å². The van der Waals surface area contributed by atoms with Crippen molar-refractivity contribution in [3.8, 4) is 5.75 Å². The highest BCUT2D eigenvalue weighted by molar-refractivity contribution is 7.92. The zero-order valence-corrected chi connectivity index (χ0v) is 20.6. The lowest BCUT2D eigenvalue weighted by atomic mass is 10.2. The van der Waals surface area contributed by atoms with Crippen molar-refractivity contribution in [2.75, 3.05) is 22.7 Å². The Labute approximate surface area is 203 Å². The van der Waals surface area contributed by atoms with E-state index in [-0.39, 0.29) is 29.6 Å². The van der Waals surface area contributed by atoms with Crippen molar-refractivity contribution in [3.05, 3.63) is 48.9 Å². The molecule has 1 aliphatic rings. The molecule has 0 radical (unpaired) electrons. The first-order chi connectivity index (χ1) is 16.4. The summed E-state index contributed by atoms with van der Waals surface area (Å²) in [5, 5.41) is 5.29. The number of ether oxygens (including phenoxy) is 2. The number of fused-ring (bicyclic) bond motifs is 2. The summed E-state index contributed by atoms with van der Waals surface area (Å²) in [4.78, 5) is 27.9. The quantitative estimate of drug-likeness (QED) is 0.550. The van der Waals surface area contributed by atoms with Crippen LogP contribution in [0.2, 0.25) is 0 Å². The molecule has 0 spiro atoms. The number of amides is 2. The van der Waals surface area contributed by atoms with Gasteiger partial charge in [0.1, 0.15) is 28.0 Å². The van der Waals surface area contributed by atoms with Gasteiger partial charge in [-0.3, -0.25) is 14.4 Å². The highest BCUT2D eigenvalue weighted by atomic mass is 32.2. The number of benzene rings is 1. The summed E-state index contributed by atoms with van der Waals surface area (Å²) in [7, 11) is -4.04. The predicted molar refractivity (Wildman–Crippen MR) is 129 cm³/mol. The topological polar surface area (TPSA) is 131 Å². The van der Waals surface area contributed by atoms with Gasteiger partial charge in [-0.05, 0) is 51.1 Å². The molecule has 2 aromatic heterocycles. The van der Waals surface area contributed by atoms with Crippen LogP contribution in [0, 0.1) is 0 Å². The van der Waals surface area contributed by atoms with Crippen LogP contribution in [-0.2, 0) is 19.6 Å². The molecule has 1 aliphatic heterocycles. The van der Waals surface area contributed by atoms with E-state index in [1.54, 1.807) is 55.8 Å². The van der Waals surface area contributed by atoms with E-state index in [0.29, 0.717) is 17.1 Å². The minimum atomic E-state index is -4.04. The number of hydrogen-bond donors (Lipinski definition) is 2. The van der Waals surface area contributed by atoms with Gasteiger partial charge in [0.05, 0.1) is 18.8 Å². The molecule has 12 heteroatoms. The Bertz CT molecular complexity index is 1380. The fraction of sp³-hybridized carbons (Fsp3) is 0.348. The number of carbonyl (C=O) groups excluding carboxylic acids is 2. The van der Waals surface area contributed by atoms with Gasteiger partial charge in [-0.15, -0.1) is 0 Å². The van der Waals surface area contributed by atoms with Crippen molar-refractivity contribution in [2.45, 2.75) is 44.3 Å². The van der Waals surface area contributed by atoms with Crippen molar-refractivity contribution in [1.29, 1.82) is 0 Å². The maximum Gasteiger partial charge on any atom is 0.412 e. The molecule has 3 aromatic rings. The lowest BCUT2D eigenvalue weighted by Crippen LogP contribution is -2.48. The number of hydrogen-bond acceptors (Lipinski definition) is 7. The molecule has 2 N–H and O–H groups in total. The Hall–Kier alpha value is -3.80. The summed E-state index contributed by atoms with van der Waals surface area (Å²) in [5.41, 5.74) is 0.508. The second kappa shape index (κ2) is 9.10. The number of sulfonamides is 1. The predicted octanol–water partition coefficient (Wildman–Crippen LogP) is 2.77. The Morgan fingerprint density at radius 1 is 1.23 bits per heavy atom. The zero-order chi connectivity index (χ0) is 25.4. The normalized spacial score (nSPS) is 15.8. The van der Waals surface area contributed by atoms with Gasteiger partial charge in [-0.1, -0.05) is 0 Å². The summed E-state index contributed by atoms with van der Waals surface area (Å²) in [5.74, 6) is 0.0462. The van der Waals surface area contributed by atoms with E-state index < -0.39 is 27.8 Å². The van der Waals surface area contributed by atoms with Crippen molar-refractivity contribution in [3.63, 3.8) is 0 Å². The average molecular weight is 502 g/mol. The molecule has 0 saturated heterocycles. The Balaban J connectivity index is 1.71. The first kappa shape index (κ1) is 24.3. The lowest BCUT2D eigenvalue weighted by Gasteiger charge is -2.35. The van der Waals surface area contributed by atoms with Crippen LogP contribution in [0.1, 0.15) is 27.7 Å². The van der Waals surface area contributed by atoms with Crippen LogP contribution in [-0.4, -0.2) is 54.6 Å². The molecule has 35 heavy (non-hydrogen) atoms. The molecule has 1 atom stereocenters. The second-order valence-corrected chi connectivity index (χ2v) is 10.9. The van der Waals surface area contributed by atoms with Gasteiger partial charge < -0.3 is 19.2 Å². The largest absolute Gasteiger partial charge is 0.484 e. The fourth-order valence-electron chi connectivity index (χ4n) is 3.58. The first-order valence-electron chi connectivity index (χ1n) is 10.9. The van der Waals surface area contributed by atoms with E-state index in [4.69, 9.17) is 9.47 Å². The van der Waals surface area contributed by atoms with E-state index in [9.17, 15) is 18.0 Å². The summed E-state index contributed by atoms with van der Waals surface area (Å²) < 4.78 is 41.6. The number of aromatic nitrogens is 2. The Morgan fingerprint density at radius 3 is 2.71 bits per heavy atom. The smallest absolute Gasteiger partial charge is 0.412 e. The van der Waals surface area contributed by atoms with Crippen molar-refractivity contribution in [1.82, 2.24) is 14.7 Å². The van der Waals surface area contributed by atoms with Crippen LogP contribution >= 0.6 is 0 Å². The fourth-order valence-corrected chi connectivity index (χ4v) is 5.09. The van der Waals surface area contributed by atoms with Crippen molar-refractivity contribution in [2.24, 2.45) is 0 Å².